The predicted molar refractivity (Wildman–Crippen MR) is 94.1 cm³/mol. The molecule has 0 bridgehead atoms. The number of amides is 1. The number of hydrogen-bond donors (Lipinski definition) is 2. The van der Waals surface area contributed by atoms with E-state index in [0.717, 1.165) is 25.1 Å². The van der Waals surface area contributed by atoms with Crippen molar-refractivity contribution in [2.75, 3.05) is 24.7 Å². The van der Waals surface area contributed by atoms with Gasteiger partial charge in [-0.1, -0.05) is 22.4 Å². The Morgan fingerprint density at radius 1 is 1.30 bits per heavy atom. The van der Waals surface area contributed by atoms with Crippen molar-refractivity contribution in [1.82, 2.24) is 5.32 Å². The van der Waals surface area contributed by atoms with E-state index in [1.54, 1.807) is 19.1 Å². The Kier molecular flexibility index (Phi) is 9.11. The number of hydrogen-bond acceptors (Lipinski definition) is 6. The van der Waals surface area contributed by atoms with Crippen molar-refractivity contribution in [3.8, 4) is 0 Å². The third-order valence-corrected chi connectivity index (χ3v) is 3.45. The Morgan fingerprint density at radius 3 is 2.65 bits per heavy atom. The predicted octanol–water partition coefficient (Wildman–Crippen LogP) is 4.24. The summed E-state index contributed by atoms with van der Waals surface area (Å²) >= 11 is 1.42. The third kappa shape index (κ3) is 8.60. The zero-order chi connectivity index (χ0) is 16.9. The molecular weight excluding hydrogens is 316 g/mol. The van der Waals surface area contributed by atoms with Gasteiger partial charge < -0.3 is 10.6 Å². The minimum absolute atomic E-state index is 0.532. The lowest BCUT2D eigenvalue weighted by Crippen LogP contribution is -2.24. The van der Waals surface area contributed by atoms with Gasteiger partial charge in [0.25, 0.3) is 0 Å². The molecule has 2 N–H and O–H groups in total. The molecule has 9 heteroatoms. The van der Waals surface area contributed by atoms with Gasteiger partial charge in [0, 0.05) is 29.4 Å². The lowest BCUT2D eigenvalue weighted by atomic mass is 10.2. The van der Waals surface area contributed by atoms with Crippen molar-refractivity contribution in [3.63, 3.8) is 0 Å². The molecule has 0 saturated carbocycles. The van der Waals surface area contributed by atoms with Crippen LogP contribution in [-0.4, -0.2) is 30.5 Å². The molecule has 0 aromatic heterocycles. The first kappa shape index (κ1) is 18.7. The largest absolute Gasteiger partial charge is 0.433 e. The smallest absolute Gasteiger partial charge is 0.385 e. The van der Waals surface area contributed by atoms with Gasteiger partial charge in [-0.2, -0.15) is 0 Å². The number of carbonyl (C=O) groups excluding carboxylic acids is 1. The van der Waals surface area contributed by atoms with Crippen molar-refractivity contribution in [2.24, 2.45) is 10.3 Å². The first-order valence-electron chi connectivity index (χ1n) is 7.08. The molecule has 8 nitrogen and oxygen atoms in total. The minimum Gasteiger partial charge on any atom is -0.385 e. The first-order chi connectivity index (χ1) is 11.2. The number of azide groups is 1. The van der Waals surface area contributed by atoms with E-state index in [1.807, 2.05) is 18.4 Å². The van der Waals surface area contributed by atoms with Crippen LogP contribution in [0.4, 0.5) is 16.2 Å². The van der Waals surface area contributed by atoms with Crippen molar-refractivity contribution in [3.05, 3.63) is 34.7 Å². The number of nitrogens with one attached hydrogen (secondary N) is 2. The van der Waals surface area contributed by atoms with Crippen LogP contribution in [0.15, 0.2) is 34.5 Å². The van der Waals surface area contributed by atoms with Crippen LogP contribution in [-0.2, 0) is 4.84 Å². The second kappa shape index (κ2) is 11.2. The van der Waals surface area contributed by atoms with Crippen molar-refractivity contribution < 1.29 is 9.63 Å². The van der Waals surface area contributed by atoms with E-state index in [4.69, 9.17) is 5.53 Å². The molecular formula is C14H20N6O2S. The summed E-state index contributed by atoms with van der Waals surface area (Å²) in [5, 5.41) is 13.7. The quantitative estimate of drug-likeness (QED) is 0.108. The maximum Gasteiger partial charge on any atom is 0.433 e. The molecule has 0 fully saturated rings. The highest BCUT2D eigenvalue weighted by Gasteiger charge is 2.00. The van der Waals surface area contributed by atoms with Gasteiger partial charge in [-0.25, -0.2) is 4.79 Å². The topological polar surface area (TPSA) is 111 Å². The van der Waals surface area contributed by atoms with Crippen LogP contribution in [0, 0.1) is 0 Å². The van der Waals surface area contributed by atoms with Crippen LogP contribution in [0.5, 0.6) is 0 Å². The number of unbranched alkanes of at least 4 members (excludes halogenated alkanes) is 1. The van der Waals surface area contributed by atoms with Gasteiger partial charge in [0.2, 0.25) is 0 Å². The van der Waals surface area contributed by atoms with E-state index in [2.05, 4.69) is 30.7 Å². The number of nitrogens with zero attached hydrogens (tertiary/aromatic N) is 4. The highest BCUT2D eigenvalue weighted by atomic mass is 32.2. The lowest BCUT2D eigenvalue weighted by molar-refractivity contribution is 0.151. The first-order valence-corrected chi connectivity index (χ1v) is 8.30. The number of benzene rings is 1. The van der Waals surface area contributed by atoms with E-state index in [0.29, 0.717) is 17.3 Å². The fourth-order valence-electron chi connectivity index (χ4n) is 1.55. The molecule has 23 heavy (non-hydrogen) atoms. The van der Waals surface area contributed by atoms with Crippen LogP contribution in [0.2, 0.25) is 0 Å². The molecule has 0 heterocycles. The van der Waals surface area contributed by atoms with Gasteiger partial charge in [-0.3, -0.25) is 4.84 Å². The van der Waals surface area contributed by atoms with Crippen LogP contribution in [0.1, 0.15) is 19.8 Å². The maximum absolute atomic E-state index is 11.3. The summed E-state index contributed by atoms with van der Waals surface area (Å²) < 4.78 is 0. The van der Waals surface area contributed by atoms with Crippen molar-refractivity contribution in [2.45, 2.75) is 19.8 Å². The van der Waals surface area contributed by atoms with Gasteiger partial charge in [0.15, 0.2) is 0 Å². The standard InChI is InChI=1S/C14H20N6O2S/c1-11(23-2)19-22-14(21)17-10-4-3-9-16-12-5-7-13(8-6-12)18-20-15/h5-8,16H,3-4,9-10H2,1-2H3,(H,17,21)/b19-11+. The SMILES string of the molecule is CS/C(C)=N/OC(=O)NCCCCNc1ccc(N=[N+]=[N-])cc1. The molecule has 1 amide bonds. The number of oxime groups is 1. The number of thioether (sulfide) groups is 1. The van der Waals surface area contributed by atoms with Gasteiger partial charge in [0.1, 0.15) is 5.04 Å². The molecule has 0 spiro atoms. The van der Waals surface area contributed by atoms with E-state index < -0.39 is 6.09 Å². The Balaban J connectivity index is 2.11. The monoisotopic (exact) mass is 336 g/mol. The van der Waals surface area contributed by atoms with Crippen molar-refractivity contribution in [1.29, 1.82) is 0 Å². The summed E-state index contributed by atoms with van der Waals surface area (Å²) in [4.78, 5) is 18.7. The second-order valence-electron chi connectivity index (χ2n) is 4.49. The molecule has 124 valence electrons. The Morgan fingerprint density at radius 2 is 2.00 bits per heavy atom. The average Bonchev–Trinajstić information content (AvgIpc) is 2.57. The fourth-order valence-corrected chi connectivity index (χ4v) is 1.66. The third-order valence-electron chi connectivity index (χ3n) is 2.78. The normalized spacial score (nSPS) is 10.6. The fraction of sp³-hybridized carbons (Fsp3) is 0.429. The molecule has 0 atom stereocenters. The Bertz CT molecular complexity index is 569. The van der Waals surface area contributed by atoms with Crippen molar-refractivity contribution >= 4 is 34.3 Å². The molecule has 1 rings (SSSR count). The van der Waals surface area contributed by atoms with E-state index in [1.165, 1.54) is 11.8 Å². The zero-order valence-corrected chi connectivity index (χ0v) is 14.0. The Labute approximate surface area is 139 Å². The minimum atomic E-state index is -0.542. The molecule has 0 aliphatic rings. The van der Waals surface area contributed by atoms with E-state index >= 15 is 0 Å². The van der Waals surface area contributed by atoms with Gasteiger partial charge in [0.05, 0.1) is 0 Å². The maximum atomic E-state index is 11.3. The molecule has 0 aliphatic carbocycles. The van der Waals surface area contributed by atoms with Crippen LogP contribution in [0.3, 0.4) is 0 Å². The highest BCUT2D eigenvalue weighted by molar-refractivity contribution is 8.13. The second-order valence-corrected chi connectivity index (χ2v) is 5.49. The number of anilines is 1. The highest BCUT2D eigenvalue weighted by Crippen LogP contribution is 2.16. The van der Waals surface area contributed by atoms with Crippen LogP contribution in [0.25, 0.3) is 10.4 Å². The van der Waals surface area contributed by atoms with E-state index in [-0.39, 0.29) is 0 Å². The molecule has 0 saturated heterocycles. The van der Waals surface area contributed by atoms with Gasteiger partial charge >= 0.3 is 6.09 Å². The average molecular weight is 336 g/mol. The molecule has 1 aromatic carbocycles. The lowest BCUT2D eigenvalue weighted by Gasteiger charge is -2.07. The zero-order valence-electron chi connectivity index (χ0n) is 13.2. The molecule has 1 aromatic rings. The molecule has 0 unspecified atom stereocenters. The summed E-state index contributed by atoms with van der Waals surface area (Å²) in [7, 11) is 0. The van der Waals surface area contributed by atoms with Gasteiger partial charge in [-0.15, -0.1) is 11.8 Å². The summed E-state index contributed by atoms with van der Waals surface area (Å²) in [6.07, 6.45) is 3.03. The van der Waals surface area contributed by atoms with Gasteiger partial charge in [-0.05, 0) is 43.7 Å². The summed E-state index contributed by atoms with van der Waals surface area (Å²) in [6.45, 7) is 3.08. The number of carbonyl (C=O) groups is 1. The van der Waals surface area contributed by atoms with E-state index in [9.17, 15) is 4.79 Å². The Hall–Kier alpha value is -2.38. The van der Waals surface area contributed by atoms with Crippen LogP contribution < -0.4 is 10.6 Å². The summed E-state index contributed by atoms with van der Waals surface area (Å²) in [5.41, 5.74) is 9.86. The summed E-state index contributed by atoms with van der Waals surface area (Å²) in [5.74, 6) is 0. The molecule has 0 aliphatic heterocycles. The number of rotatable bonds is 8. The van der Waals surface area contributed by atoms with Crippen LogP contribution >= 0.6 is 11.8 Å². The summed E-state index contributed by atoms with van der Waals surface area (Å²) in [6, 6.07) is 7.20. The molecule has 0 radical (unpaired) electrons.